The Morgan fingerprint density at radius 2 is 2.12 bits per heavy atom. The average molecular weight is 340 g/mol. The summed E-state index contributed by atoms with van der Waals surface area (Å²) in [5.41, 5.74) is 1.25. The summed E-state index contributed by atoms with van der Waals surface area (Å²) < 4.78 is 2.02. The first kappa shape index (κ1) is 16.2. The van der Waals surface area contributed by atoms with E-state index in [0.717, 1.165) is 38.4 Å². The molecule has 2 aliphatic rings. The standard InChI is InChI=1S/C18H24N6O/c1-12(2)20-18(25)17-22-21-16-6-14-9-23(10-15(14)11-24(16)17)8-13-4-3-5-19-7-13/h3-5,7,12,14-15H,6,8-11H2,1-2H3,(H,20,25)/t14-,15-/m1/s1. The number of likely N-dealkylation sites (tertiary alicyclic amines) is 1. The van der Waals surface area contributed by atoms with E-state index in [1.807, 2.05) is 36.9 Å². The molecule has 0 spiro atoms. The molecular formula is C18H24N6O. The van der Waals surface area contributed by atoms with Crippen LogP contribution < -0.4 is 5.32 Å². The summed E-state index contributed by atoms with van der Waals surface area (Å²) in [6, 6.07) is 4.20. The van der Waals surface area contributed by atoms with Gasteiger partial charge in [0, 0.05) is 51.0 Å². The molecule has 25 heavy (non-hydrogen) atoms. The summed E-state index contributed by atoms with van der Waals surface area (Å²) in [5, 5.41) is 11.3. The summed E-state index contributed by atoms with van der Waals surface area (Å²) in [5.74, 6) is 2.41. The second-order valence-electron chi connectivity index (χ2n) is 7.46. The first-order valence-electron chi connectivity index (χ1n) is 8.94. The molecule has 2 aromatic heterocycles. The van der Waals surface area contributed by atoms with Gasteiger partial charge in [-0.1, -0.05) is 6.07 Å². The minimum absolute atomic E-state index is 0.0956. The number of carbonyl (C=O) groups is 1. The SMILES string of the molecule is CC(C)NC(=O)c1nnc2n1C[C@H]1CN(Cc3cccnc3)C[C@H]1C2. The molecule has 7 nitrogen and oxygen atoms in total. The molecule has 0 bridgehead atoms. The van der Waals surface area contributed by atoms with Gasteiger partial charge in [-0.3, -0.25) is 14.7 Å². The van der Waals surface area contributed by atoms with Crippen LogP contribution in [0.1, 0.15) is 35.9 Å². The number of fused-ring (bicyclic) bond motifs is 2. The maximum absolute atomic E-state index is 12.3. The van der Waals surface area contributed by atoms with E-state index in [1.165, 1.54) is 5.56 Å². The summed E-state index contributed by atoms with van der Waals surface area (Å²) >= 11 is 0. The smallest absolute Gasteiger partial charge is 0.289 e. The highest BCUT2D eigenvalue weighted by molar-refractivity contribution is 5.90. The van der Waals surface area contributed by atoms with Crippen LogP contribution in [0, 0.1) is 11.8 Å². The van der Waals surface area contributed by atoms with Crippen LogP contribution in [0.5, 0.6) is 0 Å². The predicted molar refractivity (Wildman–Crippen MR) is 92.8 cm³/mol. The molecule has 1 N–H and O–H groups in total. The van der Waals surface area contributed by atoms with Crippen LogP contribution in [0.3, 0.4) is 0 Å². The van der Waals surface area contributed by atoms with E-state index in [0.29, 0.717) is 17.7 Å². The number of nitrogens with zero attached hydrogens (tertiary/aromatic N) is 5. The van der Waals surface area contributed by atoms with Crippen molar-refractivity contribution >= 4 is 5.91 Å². The zero-order valence-electron chi connectivity index (χ0n) is 14.7. The Morgan fingerprint density at radius 3 is 2.88 bits per heavy atom. The Balaban J connectivity index is 1.45. The third-order valence-electron chi connectivity index (χ3n) is 5.09. The lowest BCUT2D eigenvalue weighted by atomic mass is 9.89. The highest BCUT2D eigenvalue weighted by Gasteiger charge is 2.39. The molecule has 1 saturated heterocycles. The van der Waals surface area contributed by atoms with Gasteiger partial charge in [-0.2, -0.15) is 0 Å². The van der Waals surface area contributed by atoms with Crippen molar-refractivity contribution in [1.82, 2.24) is 30.0 Å². The normalized spacial score (nSPS) is 22.7. The van der Waals surface area contributed by atoms with Crippen molar-refractivity contribution in [3.05, 3.63) is 41.7 Å². The van der Waals surface area contributed by atoms with Crippen molar-refractivity contribution < 1.29 is 4.79 Å². The van der Waals surface area contributed by atoms with Crippen LogP contribution >= 0.6 is 0 Å². The predicted octanol–water partition coefficient (Wildman–Crippen LogP) is 1.12. The van der Waals surface area contributed by atoms with Gasteiger partial charge in [0.15, 0.2) is 0 Å². The maximum Gasteiger partial charge on any atom is 0.289 e. The molecule has 1 fully saturated rings. The number of hydrogen-bond donors (Lipinski definition) is 1. The van der Waals surface area contributed by atoms with Crippen molar-refractivity contribution in [1.29, 1.82) is 0 Å². The molecule has 4 heterocycles. The third kappa shape index (κ3) is 3.28. The van der Waals surface area contributed by atoms with E-state index < -0.39 is 0 Å². The van der Waals surface area contributed by atoms with Gasteiger partial charge in [0.05, 0.1) is 0 Å². The molecule has 2 atom stereocenters. The minimum atomic E-state index is -0.127. The number of rotatable bonds is 4. The summed E-state index contributed by atoms with van der Waals surface area (Å²) in [4.78, 5) is 19.0. The Kier molecular flexibility index (Phi) is 4.25. The Bertz CT molecular complexity index is 756. The van der Waals surface area contributed by atoms with Gasteiger partial charge in [0.2, 0.25) is 5.82 Å². The van der Waals surface area contributed by atoms with E-state index in [9.17, 15) is 4.79 Å². The highest BCUT2D eigenvalue weighted by Crippen LogP contribution is 2.33. The Morgan fingerprint density at radius 1 is 1.28 bits per heavy atom. The molecule has 0 saturated carbocycles. The molecule has 0 unspecified atom stereocenters. The maximum atomic E-state index is 12.3. The molecule has 132 valence electrons. The van der Waals surface area contributed by atoms with Crippen LogP contribution in [0.25, 0.3) is 0 Å². The zero-order chi connectivity index (χ0) is 17.4. The molecule has 7 heteroatoms. The lowest BCUT2D eigenvalue weighted by molar-refractivity contribution is 0.0924. The van der Waals surface area contributed by atoms with Crippen LogP contribution in [0.15, 0.2) is 24.5 Å². The van der Waals surface area contributed by atoms with Crippen LogP contribution in [0.2, 0.25) is 0 Å². The highest BCUT2D eigenvalue weighted by atomic mass is 16.2. The van der Waals surface area contributed by atoms with Gasteiger partial charge in [-0.05, 0) is 37.3 Å². The fraction of sp³-hybridized carbons (Fsp3) is 0.556. The molecule has 2 aliphatic heterocycles. The molecule has 1 amide bonds. The van der Waals surface area contributed by atoms with Gasteiger partial charge >= 0.3 is 0 Å². The van der Waals surface area contributed by atoms with E-state index in [2.05, 4.69) is 31.5 Å². The fourth-order valence-corrected chi connectivity index (χ4v) is 3.99. The topological polar surface area (TPSA) is 75.9 Å². The van der Waals surface area contributed by atoms with Gasteiger partial charge in [-0.25, -0.2) is 0 Å². The van der Waals surface area contributed by atoms with Crippen molar-refractivity contribution in [3.63, 3.8) is 0 Å². The monoisotopic (exact) mass is 340 g/mol. The van der Waals surface area contributed by atoms with Crippen molar-refractivity contribution in [2.75, 3.05) is 13.1 Å². The quantitative estimate of drug-likeness (QED) is 0.902. The van der Waals surface area contributed by atoms with Gasteiger partial charge in [0.1, 0.15) is 5.82 Å². The summed E-state index contributed by atoms with van der Waals surface area (Å²) in [7, 11) is 0. The molecule has 0 aromatic carbocycles. The lowest BCUT2D eigenvalue weighted by Gasteiger charge is -2.25. The van der Waals surface area contributed by atoms with Gasteiger partial charge in [-0.15, -0.1) is 10.2 Å². The number of hydrogen-bond acceptors (Lipinski definition) is 5. The van der Waals surface area contributed by atoms with Crippen LogP contribution in [-0.2, 0) is 19.5 Å². The molecule has 2 aromatic rings. The Labute approximate surface area is 147 Å². The van der Waals surface area contributed by atoms with E-state index >= 15 is 0 Å². The third-order valence-corrected chi connectivity index (χ3v) is 5.09. The molecule has 0 aliphatic carbocycles. The van der Waals surface area contributed by atoms with E-state index in [-0.39, 0.29) is 11.9 Å². The Hall–Kier alpha value is -2.28. The van der Waals surface area contributed by atoms with E-state index in [4.69, 9.17) is 0 Å². The second kappa shape index (κ2) is 6.55. The van der Waals surface area contributed by atoms with Crippen molar-refractivity contribution in [3.8, 4) is 0 Å². The van der Waals surface area contributed by atoms with Gasteiger partial charge in [0.25, 0.3) is 5.91 Å². The first-order chi connectivity index (χ1) is 12.1. The average Bonchev–Trinajstić information content (AvgIpc) is 3.15. The number of carbonyl (C=O) groups excluding carboxylic acids is 1. The van der Waals surface area contributed by atoms with Crippen LogP contribution in [0.4, 0.5) is 0 Å². The zero-order valence-corrected chi connectivity index (χ0v) is 14.7. The molecule has 4 rings (SSSR count). The molecule has 0 radical (unpaired) electrons. The fourth-order valence-electron chi connectivity index (χ4n) is 3.99. The number of pyridine rings is 1. The van der Waals surface area contributed by atoms with Crippen LogP contribution in [-0.4, -0.2) is 49.7 Å². The number of amides is 1. The first-order valence-corrected chi connectivity index (χ1v) is 8.94. The van der Waals surface area contributed by atoms with Gasteiger partial charge < -0.3 is 9.88 Å². The minimum Gasteiger partial charge on any atom is -0.347 e. The summed E-state index contributed by atoms with van der Waals surface area (Å²) in [6.07, 6.45) is 4.64. The summed E-state index contributed by atoms with van der Waals surface area (Å²) in [6.45, 7) is 7.78. The number of nitrogens with one attached hydrogen (secondary N) is 1. The van der Waals surface area contributed by atoms with E-state index in [1.54, 1.807) is 0 Å². The number of aromatic nitrogens is 4. The molecular weight excluding hydrogens is 316 g/mol. The lowest BCUT2D eigenvalue weighted by Crippen LogP contribution is -2.35. The van der Waals surface area contributed by atoms with Crippen molar-refractivity contribution in [2.24, 2.45) is 11.8 Å². The second-order valence-corrected chi connectivity index (χ2v) is 7.46. The van der Waals surface area contributed by atoms with Crippen molar-refractivity contribution in [2.45, 2.75) is 39.4 Å². The largest absolute Gasteiger partial charge is 0.347 e.